The Bertz CT molecular complexity index is 516. The number of aromatic nitrogens is 1. The summed E-state index contributed by atoms with van der Waals surface area (Å²) >= 11 is 1.92. The van der Waals surface area contributed by atoms with Crippen molar-refractivity contribution in [3.8, 4) is 0 Å². The van der Waals surface area contributed by atoms with Gasteiger partial charge in [0.05, 0.1) is 0 Å². The number of nitrogens with one attached hydrogen (secondary N) is 1. The molecule has 0 radical (unpaired) electrons. The average Bonchev–Trinajstić information content (AvgIpc) is 2.75. The highest BCUT2D eigenvalue weighted by Gasteiger charge is 2.08. The van der Waals surface area contributed by atoms with Crippen molar-refractivity contribution in [3.05, 3.63) is 36.0 Å². The Morgan fingerprint density at radius 1 is 1.26 bits per heavy atom. The van der Waals surface area contributed by atoms with Gasteiger partial charge in [0.15, 0.2) is 0 Å². The summed E-state index contributed by atoms with van der Waals surface area (Å²) in [4.78, 5) is 0. The summed E-state index contributed by atoms with van der Waals surface area (Å²) in [5.74, 6) is 1.23. The number of aryl methyl sites for hydroxylation is 1. The van der Waals surface area contributed by atoms with Gasteiger partial charge >= 0.3 is 0 Å². The summed E-state index contributed by atoms with van der Waals surface area (Å²) < 4.78 is 2.47. The minimum absolute atomic E-state index is 0.526. The van der Waals surface area contributed by atoms with Gasteiger partial charge < -0.3 is 9.88 Å². The molecule has 0 saturated heterocycles. The first-order chi connectivity index (χ1) is 9.22. The number of para-hydroxylation sites is 1. The van der Waals surface area contributed by atoms with E-state index in [2.05, 4.69) is 60.3 Å². The molecule has 104 valence electrons. The van der Waals surface area contributed by atoms with Crippen LogP contribution in [0.4, 0.5) is 0 Å². The predicted molar refractivity (Wildman–Crippen MR) is 86.9 cm³/mol. The van der Waals surface area contributed by atoms with E-state index in [4.69, 9.17) is 0 Å². The zero-order valence-corrected chi connectivity index (χ0v) is 13.0. The number of hydrogen-bond acceptors (Lipinski definition) is 2. The monoisotopic (exact) mass is 276 g/mol. The number of thioether (sulfide) groups is 1. The Hall–Kier alpha value is -0.930. The lowest BCUT2D eigenvalue weighted by atomic mass is 10.2. The molecule has 0 atom stereocenters. The van der Waals surface area contributed by atoms with Crippen LogP contribution in [-0.4, -0.2) is 22.6 Å². The van der Waals surface area contributed by atoms with Crippen LogP contribution in [0, 0.1) is 0 Å². The number of rotatable bonds is 7. The minimum Gasteiger partial charge on any atom is -0.343 e. The lowest BCUT2D eigenvalue weighted by molar-refractivity contribution is 0.557. The van der Waals surface area contributed by atoms with Gasteiger partial charge in [0, 0.05) is 30.3 Å². The highest BCUT2D eigenvalue weighted by atomic mass is 32.2. The van der Waals surface area contributed by atoms with Gasteiger partial charge in [-0.3, -0.25) is 0 Å². The standard InChI is InChI=1S/C16H24N2S/c1-13(2)17-12-15-11-14-7-4-5-8-16(14)18(15)9-6-10-19-3/h4-5,7-8,11,13,17H,6,9-10,12H2,1-3H3. The Kier molecular flexibility index (Phi) is 5.34. The second-order valence-corrected chi connectivity index (χ2v) is 6.21. The maximum atomic E-state index is 3.53. The molecule has 2 nitrogen and oxygen atoms in total. The Balaban J connectivity index is 2.23. The SMILES string of the molecule is CSCCCn1c(CNC(C)C)cc2ccccc21. The minimum atomic E-state index is 0.526. The van der Waals surface area contributed by atoms with Gasteiger partial charge in [-0.1, -0.05) is 32.0 Å². The molecule has 0 aliphatic heterocycles. The van der Waals surface area contributed by atoms with Crippen molar-refractivity contribution in [2.45, 2.75) is 39.4 Å². The molecule has 19 heavy (non-hydrogen) atoms. The third-order valence-corrected chi connectivity index (χ3v) is 4.01. The van der Waals surface area contributed by atoms with E-state index in [1.807, 2.05) is 11.8 Å². The molecule has 0 aliphatic rings. The van der Waals surface area contributed by atoms with Crippen molar-refractivity contribution in [2.24, 2.45) is 0 Å². The molecule has 0 fully saturated rings. The van der Waals surface area contributed by atoms with Gasteiger partial charge in [-0.2, -0.15) is 11.8 Å². The van der Waals surface area contributed by atoms with E-state index in [1.54, 1.807) is 0 Å². The first-order valence-electron chi connectivity index (χ1n) is 7.02. The molecule has 1 N–H and O–H groups in total. The number of nitrogens with zero attached hydrogens (tertiary/aromatic N) is 1. The van der Waals surface area contributed by atoms with Crippen LogP contribution in [0.15, 0.2) is 30.3 Å². The van der Waals surface area contributed by atoms with Gasteiger partial charge in [0.1, 0.15) is 0 Å². The van der Waals surface area contributed by atoms with Crippen molar-refractivity contribution in [1.82, 2.24) is 9.88 Å². The molecule has 0 bridgehead atoms. The zero-order chi connectivity index (χ0) is 13.7. The van der Waals surface area contributed by atoms with E-state index in [0.717, 1.165) is 13.1 Å². The Morgan fingerprint density at radius 2 is 2.05 bits per heavy atom. The molecule has 1 aromatic heterocycles. The molecular formula is C16H24N2S. The van der Waals surface area contributed by atoms with E-state index in [1.165, 1.54) is 28.8 Å². The number of benzene rings is 1. The number of fused-ring (bicyclic) bond motifs is 1. The van der Waals surface area contributed by atoms with Crippen LogP contribution < -0.4 is 5.32 Å². The molecule has 3 heteroatoms. The number of hydrogen-bond donors (Lipinski definition) is 1. The van der Waals surface area contributed by atoms with Crippen LogP contribution in [-0.2, 0) is 13.1 Å². The molecule has 0 spiro atoms. The third kappa shape index (κ3) is 3.77. The second-order valence-electron chi connectivity index (χ2n) is 5.23. The van der Waals surface area contributed by atoms with Crippen LogP contribution in [0.2, 0.25) is 0 Å². The molecule has 1 aromatic carbocycles. The molecular weight excluding hydrogens is 252 g/mol. The summed E-state index contributed by atoms with van der Waals surface area (Å²) in [5, 5.41) is 4.88. The molecule has 1 heterocycles. The van der Waals surface area contributed by atoms with Crippen LogP contribution in [0.5, 0.6) is 0 Å². The highest BCUT2D eigenvalue weighted by molar-refractivity contribution is 7.98. The normalized spacial score (nSPS) is 11.6. The van der Waals surface area contributed by atoms with Crippen molar-refractivity contribution in [3.63, 3.8) is 0 Å². The fourth-order valence-electron chi connectivity index (χ4n) is 2.35. The van der Waals surface area contributed by atoms with Crippen LogP contribution in [0.3, 0.4) is 0 Å². The highest BCUT2D eigenvalue weighted by Crippen LogP contribution is 2.20. The molecule has 0 amide bonds. The predicted octanol–water partition coefficient (Wildman–Crippen LogP) is 3.89. The fourth-order valence-corrected chi connectivity index (χ4v) is 2.77. The van der Waals surface area contributed by atoms with Crippen LogP contribution in [0.1, 0.15) is 26.0 Å². The summed E-state index contributed by atoms with van der Waals surface area (Å²) in [6.45, 7) is 6.45. The lowest BCUT2D eigenvalue weighted by Crippen LogP contribution is -2.23. The van der Waals surface area contributed by atoms with E-state index >= 15 is 0 Å². The summed E-state index contributed by atoms with van der Waals surface area (Å²) in [7, 11) is 0. The zero-order valence-electron chi connectivity index (χ0n) is 12.1. The van der Waals surface area contributed by atoms with Crippen LogP contribution in [0.25, 0.3) is 10.9 Å². The first-order valence-corrected chi connectivity index (χ1v) is 8.41. The molecule has 2 rings (SSSR count). The quantitative estimate of drug-likeness (QED) is 0.773. The Morgan fingerprint density at radius 3 is 2.79 bits per heavy atom. The van der Waals surface area contributed by atoms with Gasteiger partial charge in [-0.05, 0) is 35.9 Å². The van der Waals surface area contributed by atoms with Crippen molar-refractivity contribution in [1.29, 1.82) is 0 Å². The van der Waals surface area contributed by atoms with Crippen LogP contribution >= 0.6 is 11.8 Å². The molecule has 2 aromatic rings. The van der Waals surface area contributed by atoms with E-state index in [0.29, 0.717) is 6.04 Å². The van der Waals surface area contributed by atoms with E-state index in [-0.39, 0.29) is 0 Å². The maximum absolute atomic E-state index is 3.53. The van der Waals surface area contributed by atoms with E-state index < -0.39 is 0 Å². The van der Waals surface area contributed by atoms with Crippen molar-refractivity contribution in [2.75, 3.05) is 12.0 Å². The van der Waals surface area contributed by atoms with E-state index in [9.17, 15) is 0 Å². The molecule has 0 saturated carbocycles. The Labute approximate surface area is 120 Å². The smallest absolute Gasteiger partial charge is 0.0482 e. The van der Waals surface area contributed by atoms with Gasteiger partial charge in [-0.25, -0.2) is 0 Å². The summed E-state index contributed by atoms with van der Waals surface area (Å²) in [6.07, 6.45) is 3.41. The molecule has 0 unspecified atom stereocenters. The topological polar surface area (TPSA) is 17.0 Å². The van der Waals surface area contributed by atoms with Gasteiger partial charge in [0.25, 0.3) is 0 Å². The summed E-state index contributed by atoms with van der Waals surface area (Å²) in [5.41, 5.74) is 2.76. The van der Waals surface area contributed by atoms with Crippen molar-refractivity contribution >= 4 is 22.7 Å². The summed E-state index contributed by atoms with van der Waals surface area (Å²) in [6, 6.07) is 11.5. The van der Waals surface area contributed by atoms with Crippen molar-refractivity contribution < 1.29 is 0 Å². The largest absolute Gasteiger partial charge is 0.343 e. The fraction of sp³-hybridized carbons (Fsp3) is 0.500. The molecule has 0 aliphatic carbocycles. The van der Waals surface area contributed by atoms with Gasteiger partial charge in [0.2, 0.25) is 0 Å². The lowest BCUT2D eigenvalue weighted by Gasteiger charge is -2.13. The maximum Gasteiger partial charge on any atom is 0.0482 e. The average molecular weight is 276 g/mol. The van der Waals surface area contributed by atoms with Gasteiger partial charge in [-0.15, -0.1) is 0 Å². The second kappa shape index (κ2) is 7.01. The first kappa shape index (κ1) is 14.5. The third-order valence-electron chi connectivity index (χ3n) is 3.32.